The van der Waals surface area contributed by atoms with Gasteiger partial charge in [0.1, 0.15) is 6.61 Å². The molecule has 1 aliphatic rings. The summed E-state index contributed by atoms with van der Waals surface area (Å²) in [4.78, 5) is 15.1. The van der Waals surface area contributed by atoms with Crippen molar-refractivity contribution in [2.75, 3.05) is 13.7 Å². The summed E-state index contributed by atoms with van der Waals surface area (Å²) in [5.41, 5.74) is 10.2. The molecule has 0 unspecified atom stereocenters. The molecule has 5 rings (SSSR count). The summed E-state index contributed by atoms with van der Waals surface area (Å²) in [7, 11) is 1.59. The van der Waals surface area contributed by atoms with Crippen LogP contribution >= 0.6 is 15.9 Å². The van der Waals surface area contributed by atoms with Gasteiger partial charge in [0.25, 0.3) is 5.91 Å². The average Bonchev–Trinajstić information content (AvgIpc) is 2.97. The van der Waals surface area contributed by atoms with Gasteiger partial charge in [-0.15, -0.1) is 0 Å². The van der Waals surface area contributed by atoms with Crippen molar-refractivity contribution in [3.05, 3.63) is 128 Å². The van der Waals surface area contributed by atoms with E-state index in [0.717, 1.165) is 41.7 Å². The van der Waals surface area contributed by atoms with Crippen LogP contribution in [0.5, 0.6) is 11.5 Å². The minimum Gasteiger partial charge on any atom is -0.493 e. The molecule has 7 heteroatoms. The number of hydrazone groups is 1. The molecule has 6 nitrogen and oxygen atoms in total. The van der Waals surface area contributed by atoms with E-state index in [2.05, 4.69) is 74.7 Å². The predicted molar refractivity (Wildman–Crippen MR) is 162 cm³/mol. The van der Waals surface area contributed by atoms with Crippen molar-refractivity contribution in [1.29, 1.82) is 0 Å². The van der Waals surface area contributed by atoms with Gasteiger partial charge in [-0.1, -0.05) is 66.2 Å². The van der Waals surface area contributed by atoms with Crippen molar-refractivity contribution in [2.45, 2.75) is 33.0 Å². The number of hydrogen-bond donors (Lipinski definition) is 1. The van der Waals surface area contributed by atoms with Crippen LogP contribution in [0.4, 0.5) is 0 Å². The molecule has 0 aromatic heterocycles. The zero-order chi connectivity index (χ0) is 27.9. The molecule has 0 aliphatic carbocycles. The summed E-state index contributed by atoms with van der Waals surface area (Å²) < 4.78 is 12.3. The molecule has 0 saturated heterocycles. The first kappa shape index (κ1) is 27.6. The molecule has 1 heterocycles. The summed E-state index contributed by atoms with van der Waals surface area (Å²) in [5, 5.41) is 4.15. The lowest BCUT2D eigenvalue weighted by molar-refractivity contribution is 0.0955. The normalized spacial score (nSPS) is 13.2. The number of rotatable bonds is 9. The predicted octanol–water partition coefficient (Wildman–Crippen LogP) is 6.67. The highest BCUT2D eigenvalue weighted by Gasteiger charge is 2.16. The molecule has 0 bridgehead atoms. The Labute approximate surface area is 243 Å². The van der Waals surface area contributed by atoms with Gasteiger partial charge in [0.2, 0.25) is 0 Å². The molecule has 0 radical (unpaired) electrons. The van der Waals surface area contributed by atoms with Crippen LogP contribution in [0.1, 0.15) is 43.7 Å². The van der Waals surface area contributed by atoms with Crippen molar-refractivity contribution in [3.63, 3.8) is 0 Å². The lowest BCUT2D eigenvalue weighted by Crippen LogP contribution is -2.30. The number of carbonyl (C=O) groups excluding carboxylic acids is 1. The minimum absolute atomic E-state index is 0.265. The summed E-state index contributed by atoms with van der Waals surface area (Å²) in [6.07, 6.45) is 2.65. The van der Waals surface area contributed by atoms with Crippen LogP contribution in [0, 0.1) is 6.92 Å². The lowest BCUT2D eigenvalue weighted by atomic mass is 9.99. The van der Waals surface area contributed by atoms with Gasteiger partial charge in [0.15, 0.2) is 11.5 Å². The van der Waals surface area contributed by atoms with Crippen molar-refractivity contribution < 1.29 is 14.3 Å². The zero-order valence-corrected chi connectivity index (χ0v) is 24.3. The van der Waals surface area contributed by atoms with Crippen molar-refractivity contribution in [1.82, 2.24) is 10.3 Å². The SMILES string of the molecule is COc1cc(/C=N\NC(=O)c2ccc(CN3CCc4ccccc4C3)cc2)cc(Br)c1OCc1ccc(C)cc1. The molecule has 4 aromatic carbocycles. The summed E-state index contributed by atoms with van der Waals surface area (Å²) in [5.74, 6) is 0.916. The highest BCUT2D eigenvalue weighted by atomic mass is 79.9. The fourth-order valence-corrected chi connectivity index (χ4v) is 5.31. The van der Waals surface area contributed by atoms with Crippen molar-refractivity contribution in [3.8, 4) is 11.5 Å². The topological polar surface area (TPSA) is 63.2 Å². The van der Waals surface area contributed by atoms with E-state index < -0.39 is 0 Å². The van der Waals surface area contributed by atoms with E-state index in [1.165, 1.54) is 22.3 Å². The van der Waals surface area contributed by atoms with E-state index in [-0.39, 0.29) is 5.91 Å². The summed E-state index contributed by atoms with van der Waals surface area (Å²) >= 11 is 3.57. The van der Waals surface area contributed by atoms with Crippen molar-refractivity contribution >= 4 is 28.1 Å². The fourth-order valence-electron chi connectivity index (χ4n) is 4.73. The Balaban J connectivity index is 1.15. The van der Waals surface area contributed by atoms with Gasteiger partial charge in [0, 0.05) is 25.2 Å². The Kier molecular flexibility index (Phi) is 8.94. The van der Waals surface area contributed by atoms with E-state index in [4.69, 9.17) is 9.47 Å². The minimum atomic E-state index is -0.265. The lowest BCUT2D eigenvalue weighted by Gasteiger charge is -2.28. The van der Waals surface area contributed by atoms with Gasteiger partial charge >= 0.3 is 0 Å². The maximum absolute atomic E-state index is 12.7. The third kappa shape index (κ3) is 6.97. The number of aryl methyl sites for hydroxylation is 1. The number of hydrogen-bond acceptors (Lipinski definition) is 5. The molecule has 0 saturated carbocycles. The Morgan fingerprint density at radius 2 is 1.73 bits per heavy atom. The fraction of sp³-hybridized carbons (Fsp3) is 0.212. The van der Waals surface area contributed by atoms with Crippen LogP contribution in [0.25, 0.3) is 0 Å². The van der Waals surface area contributed by atoms with Crippen LogP contribution in [-0.2, 0) is 26.1 Å². The molecule has 0 fully saturated rings. The van der Waals surface area contributed by atoms with E-state index in [9.17, 15) is 4.79 Å². The van der Waals surface area contributed by atoms with Crippen LogP contribution in [-0.4, -0.2) is 30.7 Å². The number of methoxy groups -OCH3 is 1. The molecule has 1 amide bonds. The first-order valence-electron chi connectivity index (χ1n) is 13.3. The molecule has 0 spiro atoms. The first-order chi connectivity index (χ1) is 19.5. The smallest absolute Gasteiger partial charge is 0.271 e. The number of benzene rings is 4. The first-order valence-corrected chi connectivity index (χ1v) is 14.0. The van der Waals surface area contributed by atoms with Gasteiger partial charge in [-0.2, -0.15) is 5.10 Å². The van der Waals surface area contributed by atoms with Crippen LogP contribution in [0.15, 0.2) is 94.5 Å². The van der Waals surface area contributed by atoms with Crippen LogP contribution in [0.2, 0.25) is 0 Å². The number of halogens is 1. The van der Waals surface area contributed by atoms with Gasteiger partial charge < -0.3 is 9.47 Å². The maximum Gasteiger partial charge on any atom is 0.271 e. The van der Waals surface area contributed by atoms with Gasteiger partial charge in [-0.25, -0.2) is 5.43 Å². The van der Waals surface area contributed by atoms with Gasteiger partial charge in [-0.3, -0.25) is 9.69 Å². The van der Waals surface area contributed by atoms with Crippen LogP contribution < -0.4 is 14.9 Å². The number of ether oxygens (including phenoxy) is 2. The largest absolute Gasteiger partial charge is 0.493 e. The van der Waals surface area contributed by atoms with Crippen molar-refractivity contribution in [2.24, 2.45) is 5.10 Å². The number of fused-ring (bicyclic) bond motifs is 1. The zero-order valence-electron chi connectivity index (χ0n) is 22.7. The second kappa shape index (κ2) is 12.9. The number of amides is 1. The van der Waals surface area contributed by atoms with Crippen LogP contribution in [0.3, 0.4) is 0 Å². The second-order valence-corrected chi connectivity index (χ2v) is 10.8. The van der Waals surface area contributed by atoms with E-state index in [1.807, 2.05) is 48.5 Å². The molecule has 204 valence electrons. The van der Waals surface area contributed by atoms with E-state index in [0.29, 0.717) is 23.7 Å². The number of nitrogens with one attached hydrogen (secondary N) is 1. The monoisotopic (exact) mass is 597 g/mol. The molecule has 0 atom stereocenters. The highest BCUT2D eigenvalue weighted by Crippen LogP contribution is 2.37. The Morgan fingerprint density at radius 3 is 2.48 bits per heavy atom. The van der Waals surface area contributed by atoms with Gasteiger partial charge in [-0.05, 0) is 81.4 Å². The van der Waals surface area contributed by atoms with E-state index >= 15 is 0 Å². The Bertz CT molecular complexity index is 1500. The number of carbonyl (C=O) groups is 1. The standard InChI is InChI=1S/C33H32BrN3O3/c1-23-7-9-25(10-8-23)22-40-32-30(34)17-26(18-31(32)39-2)19-35-36-33(38)28-13-11-24(12-14-28)20-37-16-15-27-5-3-4-6-29(27)21-37/h3-14,17-19H,15-16,20-22H2,1-2H3,(H,36,38)/b35-19-. The quantitative estimate of drug-likeness (QED) is 0.173. The second-order valence-electron chi connectivity index (χ2n) is 9.93. The summed E-state index contributed by atoms with van der Waals surface area (Å²) in [6.45, 7) is 5.32. The van der Waals surface area contributed by atoms with E-state index in [1.54, 1.807) is 13.3 Å². The molecular formula is C33H32BrN3O3. The average molecular weight is 599 g/mol. The molecule has 4 aromatic rings. The molecule has 1 N–H and O–H groups in total. The highest BCUT2D eigenvalue weighted by molar-refractivity contribution is 9.10. The molecular weight excluding hydrogens is 566 g/mol. The third-order valence-corrected chi connectivity index (χ3v) is 7.56. The number of nitrogens with zero attached hydrogens (tertiary/aromatic N) is 2. The molecule has 40 heavy (non-hydrogen) atoms. The Morgan fingerprint density at radius 1 is 1.00 bits per heavy atom. The van der Waals surface area contributed by atoms with Gasteiger partial charge in [0.05, 0.1) is 17.8 Å². The third-order valence-electron chi connectivity index (χ3n) is 6.97. The Hall–Kier alpha value is -3.94. The molecule has 1 aliphatic heterocycles. The maximum atomic E-state index is 12.7. The summed E-state index contributed by atoms with van der Waals surface area (Å²) in [6, 6.07) is 28.2.